The van der Waals surface area contributed by atoms with Crippen LogP contribution in [-0.4, -0.2) is 21.1 Å². The van der Waals surface area contributed by atoms with Crippen molar-refractivity contribution in [3.05, 3.63) is 81.5 Å². The van der Waals surface area contributed by atoms with Crippen molar-refractivity contribution in [2.75, 3.05) is 0 Å². The maximum atomic E-state index is 12.5. The molecule has 0 aliphatic carbocycles. The number of carbonyl (C=O) groups excluding carboxylic acids is 1. The van der Waals surface area contributed by atoms with E-state index in [9.17, 15) is 4.79 Å². The number of aromatic nitrogens is 3. The molecule has 142 valence electrons. The molecule has 0 aliphatic heterocycles. The maximum Gasteiger partial charge on any atom is 0.251 e. The maximum absolute atomic E-state index is 12.5. The highest BCUT2D eigenvalue weighted by Crippen LogP contribution is 2.21. The fourth-order valence-electron chi connectivity index (χ4n) is 3.12. The molecule has 0 saturated carbocycles. The predicted octanol–water partition coefficient (Wildman–Crippen LogP) is 4.34. The molecule has 2 aromatic heterocycles. The summed E-state index contributed by atoms with van der Waals surface area (Å²) in [6.07, 6.45) is 0.538. The third-order valence-electron chi connectivity index (χ3n) is 4.65. The molecule has 0 aliphatic rings. The van der Waals surface area contributed by atoms with E-state index in [4.69, 9.17) is 16.0 Å². The highest BCUT2D eigenvalue weighted by molar-refractivity contribution is 6.30. The summed E-state index contributed by atoms with van der Waals surface area (Å²) in [5, 5.41) is 10.7. The van der Waals surface area contributed by atoms with E-state index < -0.39 is 0 Å². The van der Waals surface area contributed by atoms with Gasteiger partial charge in [-0.2, -0.15) is 5.10 Å². The first-order valence-electron chi connectivity index (χ1n) is 8.92. The van der Waals surface area contributed by atoms with Crippen LogP contribution in [0.5, 0.6) is 0 Å². The van der Waals surface area contributed by atoms with E-state index >= 15 is 0 Å². The first-order chi connectivity index (χ1) is 13.5. The number of rotatable bonds is 5. The molecular weight excluding hydrogens is 376 g/mol. The lowest BCUT2D eigenvalue weighted by Crippen LogP contribution is -2.23. The SMILES string of the molecule is Cc1n[nH]c(C)c1CNC(=O)c1ccc2nc(Cc3cccc(Cl)c3)oc2c1. The summed E-state index contributed by atoms with van der Waals surface area (Å²) in [6.45, 7) is 4.26. The molecule has 0 saturated heterocycles. The molecule has 6 nitrogen and oxygen atoms in total. The van der Waals surface area contributed by atoms with E-state index in [0.717, 1.165) is 28.0 Å². The Morgan fingerprint density at radius 1 is 1.21 bits per heavy atom. The fourth-order valence-corrected chi connectivity index (χ4v) is 3.33. The van der Waals surface area contributed by atoms with Gasteiger partial charge in [0.1, 0.15) is 5.52 Å². The number of hydrogen-bond acceptors (Lipinski definition) is 4. The minimum absolute atomic E-state index is 0.172. The lowest BCUT2D eigenvalue weighted by molar-refractivity contribution is 0.0951. The second-order valence-electron chi connectivity index (χ2n) is 6.69. The van der Waals surface area contributed by atoms with Gasteiger partial charge in [0.2, 0.25) is 0 Å². The van der Waals surface area contributed by atoms with Gasteiger partial charge in [-0.05, 0) is 49.7 Å². The number of aromatic amines is 1. The van der Waals surface area contributed by atoms with Crippen LogP contribution < -0.4 is 5.32 Å². The molecule has 2 heterocycles. The van der Waals surface area contributed by atoms with Crippen molar-refractivity contribution in [2.24, 2.45) is 0 Å². The second-order valence-corrected chi connectivity index (χ2v) is 7.13. The molecule has 4 rings (SSSR count). The summed E-state index contributed by atoms with van der Waals surface area (Å²) in [4.78, 5) is 17.0. The molecule has 4 aromatic rings. The third-order valence-corrected chi connectivity index (χ3v) is 4.88. The van der Waals surface area contributed by atoms with Gasteiger partial charge in [-0.25, -0.2) is 4.98 Å². The van der Waals surface area contributed by atoms with Crippen LogP contribution in [0.4, 0.5) is 0 Å². The summed E-state index contributed by atoms with van der Waals surface area (Å²) in [7, 11) is 0. The van der Waals surface area contributed by atoms with Crippen molar-refractivity contribution in [3.63, 3.8) is 0 Å². The Labute approximate surface area is 166 Å². The summed E-state index contributed by atoms with van der Waals surface area (Å²) in [5.41, 5.74) is 5.68. The minimum Gasteiger partial charge on any atom is -0.440 e. The normalized spacial score (nSPS) is 11.1. The zero-order chi connectivity index (χ0) is 19.7. The number of hydrogen-bond donors (Lipinski definition) is 2. The van der Waals surface area contributed by atoms with Crippen LogP contribution in [0.3, 0.4) is 0 Å². The van der Waals surface area contributed by atoms with E-state index in [1.807, 2.05) is 38.1 Å². The van der Waals surface area contributed by atoms with Crippen molar-refractivity contribution >= 4 is 28.6 Å². The van der Waals surface area contributed by atoms with E-state index in [0.29, 0.717) is 35.0 Å². The minimum atomic E-state index is -0.172. The van der Waals surface area contributed by atoms with Gasteiger partial charge < -0.3 is 9.73 Å². The summed E-state index contributed by atoms with van der Waals surface area (Å²) < 4.78 is 5.84. The van der Waals surface area contributed by atoms with Crippen LogP contribution in [0.15, 0.2) is 46.9 Å². The molecule has 2 aromatic carbocycles. The van der Waals surface area contributed by atoms with Gasteiger partial charge in [0, 0.05) is 34.8 Å². The van der Waals surface area contributed by atoms with Crippen molar-refractivity contribution in [1.29, 1.82) is 0 Å². The number of aryl methyl sites for hydroxylation is 2. The predicted molar refractivity (Wildman–Crippen MR) is 107 cm³/mol. The standard InChI is InChI=1S/C21H19ClN4O2/c1-12-17(13(2)26-25-12)11-23-21(27)15-6-7-18-19(10-15)28-20(24-18)9-14-4-3-5-16(22)8-14/h3-8,10H,9,11H2,1-2H3,(H,23,27)(H,25,26). The van der Waals surface area contributed by atoms with Crippen LogP contribution in [0.25, 0.3) is 11.1 Å². The molecule has 0 spiro atoms. The summed E-state index contributed by atoms with van der Waals surface area (Å²) in [6, 6.07) is 12.8. The van der Waals surface area contributed by atoms with Gasteiger partial charge >= 0.3 is 0 Å². The van der Waals surface area contributed by atoms with Gasteiger partial charge in [0.25, 0.3) is 5.91 Å². The van der Waals surface area contributed by atoms with Crippen molar-refractivity contribution < 1.29 is 9.21 Å². The smallest absolute Gasteiger partial charge is 0.251 e. The number of carbonyl (C=O) groups is 1. The molecule has 1 amide bonds. The number of H-pyrrole nitrogens is 1. The number of nitrogens with zero attached hydrogens (tertiary/aromatic N) is 2. The lowest BCUT2D eigenvalue weighted by Gasteiger charge is -2.05. The quantitative estimate of drug-likeness (QED) is 0.527. The van der Waals surface area contributed by atoms with Crippen LogP contribution in [0, 0.1) is 13.8 Å². The average molecular weight is 395 g/mol. The molecule has 0 bridgehead atoms. The Kier molecular flexibility index (Phi) is 4.88. The highest BCUT2D eigenvalue weighted by Gasteiger charge is 2.13. The van der Waals surface area contributed by atoms with Gasteiger partial charge in [0.15, 0.2) is 11.5 Å². The van der Waals surface area contributed by atoms with Crippen LogP contribution in [0.2, 0.25) is 5.02 Å². The first kappa shape index (κ1) is 18.3. The van der Waals surface area contributed by atoms with E-state index in [1.165, 1.54) is 0 Å². The summed E-state index contributed by atoms with van der Waals surface area (Å²) in [5.74, 6) is 0.411. The largest absolute Gasteiger partial charge is 0.440 e. The van der Waals surface area contributed by atoms with E-state index in [-0.39, 0.29) is 5.91 Å². The average Bonchev–Trinajstić information content (AvgIpc) is 3.21. The fraction of sp³-hybridized carbons (Fsp3) is 0.190. The molecule has 28 heavy (non-hydrogen) atoms. The van der Waals surface area contributed by atoms with Gasteiger partial charge in [0.05, 0.1) is 5.69 Å². The number of amides is 1. The number of benzene rings is 2. The molecule has 0 unspecified atom stereocenters. The van der Waals surface area contributed by atoms with E-state index in [2.05, 4.69) is 20.5 Å². The Bertz CT molecular complexity index is 1140. The molecule has 0 atom stereocenters. The summed E-state index contributed by atoms with van der Waals surface area (Å²) >= 11 is 6.03. The Morgan fingerprint density at radius 2 is 2.07 bits per heavy atom. The second kappa shape index (κ2) is 7.48. The van der Waals surface area contributed by atoms with Crippen LogP contribution in [0.1, 0.15) is 38.8 Å². The molecule has 0 fully saturated rings. The van der Waals surface area contributed by atoms with Crippen LogP contribution >= 0.6 is 11.6 Å². The number of nitrogens with one attached hydrogen (secondary N) is 2. The van der Waals surface area contributed by atoms with Gasteiger partial charge in [-0.15, -0.1) is 0 Å². The van der Waals surface area contributed by atoms with Crippen molar-refractivity contribution in [2.45, 2.75) is 26.8 Å². The third kappa shape index (κ3) is 3.77. The van der Waals surface area contributed by atoms with Crippen LogP contribution in [-0.2, 0) is 13.0 Å². The highest BCUT2D eigenvalue weighted by atomic mass is 35.5. The molecule has 7 heteroatoms. The number of halogens is 1. The lowest BCUT2D eigenvalue weighted by atomic mass is 10.1. The zero-order valence-corrected chi connectivity index (χ0v) is 16.3. The first-order valence-corrected chi connectivity index (χ1v) is 9.30. The molecule has 2 N–H and O–H groups in total. The topological polar surface area (TPSA) is 83.8 Å². The van der Waals surface area contributed by atoms with Gasteiger partial charge in [-0.3, -0.25) is 9.89 Å². The number of fused-ring (bicyclic) bond motifs is 1. The molecule has 0 radical (unpaired) electrons. The van der Waals surface area contributed by atoms with E-state index in [1.54, 1.807) is 18.2 Å². The monoisotopic (exact) mass is 394 g/mol. The molecular formula is C21H19ClN4O2. The number of oxazole rings is 1. The van der Waals surface area contributed by atoms with Crippen molar-refractivity contribution in [1.82, 2.24) is 20.5 Å². The Morgan fingerprint density at radius 3 is 2.82 bits per heavy atom. The zero-order valence-electron chi connectivity index (χ0n) is 15.5. The van der Waals surface area contributed by atoms with Gasteiger partial charge in [-0.1, -0.05) is 23.7 Å². The Hall–Kier alpha value is -3.12. The Balaban J connectivity index is 1.50. The van der Waals surface area contributed by atoms with Crippen molar-refractivity contribution in [3.8, 4) is 0 Å².